The second-order valence-corrected chi connectivity index (χ2v) is 6.63. The number of H-pyrrole nitrogens is 1. The summed E-state index contributed by atoms with van der Waals surface area (Å²) in [5, 5.41) is 4.21. The van der Waals surface area contributed by atoms with Crippen LogP contribution in [0, 0.1) is 5.92 Å². The van der Waals surface area contributed by atoms with Crippen LogP contribution in [0.25, 0.3) is 22.0 Å². The van der Waals surface area contributed by atoms with Crippen LogP contribution in [-0.2, 0) is 4.74 Å². The van der Waals surface area contributed by atoms with E-state index in [0.29, 0.717) is 18.0 Å². The first-order chi connectivity index (χ1) is 12.3. The molecule has 4 heteroatoms. The van der Waals surface area contributed by atoms with E-state index in [2.05, 4.69) is 34.6 Å². The smallest absolute Gasteiger partial charge is 0.251 e. The molecule has 0 unspecified atom stereocenters. The highest BCUT2D eigenvalue weighted by Crippen LogP contribution is 2.24. The molecular weight excluding hydrogens is 312 g/mol. The van der Waals surface area contributed by atoms with Gasteiger partial charge in [-0.3, -0.25) is 4.79 Å². The van der Waals surface area contributed by atoms with E-state index in [4.69, 9.17) is 4.74 Å². The minimum absolute atomic E-state index is 0.00900. The Hall–Kier alpha value is -2.59. The molecule has 0 saturated carbocycles. The van der Waals surface area contributed by atoms with Gasteiger partial charge in [0.1, 0.15) is 0 Å². The van der Waals surface area contributed by atoms with Crippen LogP contribution in [0.1, 0.15) is 23.2 Å². The lowest BCUT2D eigenvalue weighted by atomic mass is 10.0. The van der Waals surface area contributed by atoms with E-state index in [1.165, 1.54) is 5.39 Å². The van der Waals surface area contributed by atoms with Crippen molar-refractivity contribution in [3.8, 4) is 11.1 Å². The second-order valence-electron chi connectivity index (χ2n) is 6.63. The van der Waals surface area contributed by atoms with Gasteiger partial charge in [-0.25, -0.2) is 0 Å². The molecule has 4 nitrogen and oxygen atoms in total. The minimum Gasteiger partial charge on any atom is -0.381 e. The summed E-state index contributed by atoms with van der Waals surface area (Å²) in [6.07, 6.45) is 4.04. The molecule has 1 aliphatic heterocycles. The molecule has 0 bridgehead atoms. The number of aromatic amines is 1. The van der Waals surface area contributed by atoms with Gasteiger partial charge in [-0.1, -0.05) is 24.3 Å². The maximum atomic E-state index is 12.3. The van der Waals surface area contributed by atoms with Crippen LogP contribution in [0.15, 0.2) is 54.7 Å². The Morgan fingerprint density at radius 3 is 2.76 bits per heavy atom. The van der Waals surface area contributed by atoms with E-state index in [1.807, 2.05) is 30.5 Å². The van der Waals surface area contributed by atoms with E-state index in [-0.39, 0.29) is 5.91 Å². The Labute approximate surface area is 147 Å². The van der Waals surface area contributed by atoms with Gasteiger partial charge in [0.15, 0.2) is 0 Å². The van der Waals surface area contributed by atoms with Crippen molar-refractivity contribution >= 4 is 16.8 Å². The highest BCUT2D eigenvalue weighted by molar-refractivity contribution is 5.94. The number of carbonyl (C=O) groups excluding carboxylic acids is 1. The second kappa shape index (κ2) is 7.11. The fraction of sp³-hybridized carbons (Fsp3) is 0.286. The van der Waals surface area contributed by atoms with E-state index < -0.39 is 0 Å². The highest BCUT2D eigenvalue weighted by atomic mass is 16.5. The van der Waals surface area contributed by atoms with Gasteiger partial charge >= 0.3 is 0 Å². The van der Waals surface area contributed by atoms with Crippen molar-refractivity contribution in [2.24, 2.45) is 5.92 Å². The molecule has 3 aromatic rings. The number of ether oxygens (including phenoxy) is 1. The number of amides is 1. The Morgan fingerprint density at radius 1 is 1.12 bits per heavy atom. The van der Waals surface area contributed by atoms with Crippen LogP contribution in [-0.4, -0.2) is 30.6 Å². The number of benzene rings is 2. The molecular formula is C21H22N2O2. The number of fused-ring (bicyclic) bond motifs is 1. The molecule has 1 amide bonds. The standard InChI is InChI=1S/C21H22N2O2/c24-21(23-10-7-15-9-12-25-14-15)18-4-1-16(2-5-18)19-6-3-17-8-11-22-20(17)13-19/h1-6,8,11,13,15,22H,7,9-10,12,14H2,(H,23,24)/t15-/m1/s1. The molecule has 0 aliphatic carbocycles. The first-order valence-corrected chi connectivity index (χ1v) is 8.83. The molecule has 25 heavy (non-hydrogen) atoms. The zero-order valence-electron chi connectivity index (χ0n) is 14.1. The van der Waals surface area contributed by atoms with Gasteiger partial charge in [0.05, 0.1) is 0 Å². The van der Waals surface area contributed by atoms with Gasteiger partial charge in [0.25, 0.3) is 5.91 Å². The van der Waals surface area contributed by atoms with E-state index in [1.54, 1.807) is 0 Å². The third-order valence-electron chi connectivity index (χ3n) is 4.90. The number of rotatable bonds is 5. The normalized spacial score (nSPS) is 17.0. The molecule has 2 N–H and O–H groups in total. The predicted octanol–water partition coefficient (Wildman–Crippen LogP) is 3.99. The van der Waals surface area contributed by atoms with Crippen molar-refractivity contribution < 1.29 is 9.53 Å². The van der Waals surface area contributed by atoms with Gasteiger partial charge in [-0.05, 0) is 59.5 Å². The van der Waals surface area contributed by atoms with Gasteiger partial charge in [0, 0.05) is 37.0 Å². The predicted molar refractivity (Wildman–Crippen MR) is 99.6 cm³/mol. The first-order valence-electron chi connectivity index (χ1n) is 8.83. The monoisotopic (exact) mass is 334 g/mol. The van der Waals surface area contributed by atoms with E-state index in [9.17, 15) is 4.79 Å². The van der Waals surface area contributed by atoms with Gasteiger partial charge < -0.3 is 15.0 Å². The summed E-state index contributed by atoms with van der Waals surface area (Å²) in [6.45, 7) is 2.39. The van der Waals surface area contributed by atoms with Crippen LogP contribution in [0.5, 0.6) is 0 Å². The Morgan fingerprint density at radius 2 is 1.96 bits per heavy atom. The van der Waals surface area contributed by atoms with Crippen LogP contribution >= 0.6 is 0 Å². The lowest BCUT2D eigenvalue weighted by molar-refractivity contribution is 0.0950. The zero-order chi connectivity index (χ0) is 17.1. The summed E-state index contributed by atoms with van der Waals surface area (Å²) >= 11 is 0. The average molecular weight is 334 g/mol. The molecule has 0 spiro atoms. The summed E-state index contributed by atoms with van der Waals surface area (Å²) in [4.78, 5) is 15.5. The third-order valence-corrected chi connectivity index (χ3v) is 4.90. The molecule has 1 aromatic heterocycles. The lowest BCUT2D eigenvalue weighted by Gasteiger charge is -2.09. The van der Waals surface area contributed by atoms with Crippen LogP contribution < -0.4 is 5.32 Å². The average Bonchev–Trinajstić information content (AvgIpc) is 3.32. The maximum absolute atomic E-state index is 12.3. The zero-order valence-corrected chi connectivity index (χ0v) is 14.1. The van der Waals surface area contributed by atoms with E-state index in [0.717, 1.165) is 42.7 Å². The van der Waals surface area contributed by atoms with Crippen molar-refractivity contribution in [1.29, 1.82) is 0 Å². The summed E-state index contributed by atoms with van der Waals surface area (Å²) in [7, 11) is 0. The highest BCUT2D eigenvalue weighted by Gasteiger charge is 2.15. The fourth-order valence-corrected chi connectivity index (χ4v) is 3.34. The lowest BCUT2D eigenvalue weighted by Crippen LogP contribution is -2.26. The molecule has 1 atom stereocenters. The van der Waals surface area contributed by atoms with Crippen molar-refractivity contribution in [2.75, 3.05) is 19.8 Å². The summed E-state index contributed by atoms with van der Waals surface area (Å²) in [5.74, 6) is 0.580. The number of hydrogen-bond acceptors (Lipinski definition) is 2. The van der Waals surface area contributed by atoms with Crippen molar-refractivity contribution in [1.82, 2.24) is 10.3 Å². The number of hydrogen-bond donors (Lipinski definition) is 2. The summed E-state index contributed by atoms with van der Waals surface area (Å²) in [5.41, 5.74) is 4.07. The topological polar surface area (TPSA) is 54.1 Å². The molecule has 0 radical (unpaired) electrons. The van der Waals surface area contributed by atoms with Gasteiger partial charge in [-0.15, -0.1) is 0 Å². The summed E-state index contributed by atoms with van der Waals surface area (Å²) < 4.78 is 5.36. The minimum atomic E-state index is -0.00900. The SMILES string of the molecule is O=C(NCC[C@@H]1CCOC1)c1ccc(-c2ccc3cc[nH]c3c2)cc1. The van der Waals surface area contributed by atoms with Crippen LogP contribution in [0.2, 0.25) is 0 Å². The quantitative estimate of drug-likeness (QED) is 0.741. The van der Waals surface area contributed by atoms with Gasteiger partial charge in [-0.2, -0.15) is 0 Å². The number of carbonyl (C=O) groups is 1. The van der Waals surface area contributed by atoms with Crippen molar-refractivity contribution in [2.45, 2.75) is 12.8 Å². The third kappa shape index (κ3) is 3.59. The van der Waals surface area contributed by atoms with Crippen molar-refractivity contribution in [3.05, 3.63) is 60.3 Å². The first kappa shape index (κ1) is 15.9. The molecule has 4 rings (SSSR count). The number of nitrogens with one attached hydrogen (secondary N) is 2. The molecule has 1 aliphatic rings. The largest absolute Gasteiger partial charge is 0.381 e. The molecule has 2 heterocycles. The Bertz CT molecular complexity index is 861. The van der Waals surface area contributed by atoms with E-state index >= 15 is 0 Å². The fourth-order valence-electron chi connectivity index (χ4n) is 3.34. The molecule has 1 fully saturated rings. The molecule has 2 aromatic carbocycles. The summed E-state index contributed by atoms with van der Waals surface area (Å²) in [6, 6.07) is 16.2. The van der Waals surface area contributed by atoms with Gasteiger partial charge in [0.2, 0.25) is 0 Å². The Kier molecular flexibility index (Phi) is 4.53. The number of aromatic nitrogens is 1. The maximum Gasteiger partial charge on any atom is 0.251 e. The molecule has 128 valence electrons. The molecule has 1 saturated heterocycles. The van der Waals surface area contributed by atoms with Crippen LogP contribution in [0.3, 0.4) is 0 Å². The Balaban J connectivity index is 1.39. The van der Waals surface area contributed by atoms with Crippen molar-refractivity contribution in [3.63, 3.8) is 0 Å². The van der Waals surface area contributed by atoms with Crippen LogP contribution in [0.4, 0.5) is 0 Å².